The number of fused-ring (bicyclic) bond motifs is 1. The van der Waals surface area contributed by atoms with Crippen LogP contribution >= 0.6 is 0 Å². The first-order valence-electron chi connectivity index (χ1n) is 6.24. The molecular weight excluding hydrogens is 274 g/mol. The van der Waals surface area contributed by atoms with Crippen molar-refractivity contribution in [1.29, 1.82) is 0 Å². The van der Waals surface area contributed by atoms with Gasteiger partial charge in [-0.25, -0.2) is 0 Å². The van der Waals surface area contributed by atoms with Crippen molar-refractivity contribution in [3.8, 4) is 5.75 Å². The number of amides is 2. The zero-order valence-electron chi connectivity index (χ0n) is 11.7. The highest BCUT2D eigenvalue weighted by Gasteiger charge is 2.08. The largest absolute Gasteiger partial charge is 0.497 e. The fourth-order valence-electron chi connectivity index (χ4n) is 1.87. The molecule has 2 N–H and O–H groups in total. The Labute approximate surface area is 120 Å². The Balaban J connectivity index is 2.26. The van der Waals surface area contributed by atoms with Gasteiger partial charge >= 0.3 is 0 Å². The van der Waals surface area contributed by atoms with Gasteiger partial charge in [0.05, 0.1) is 7.11 Å². The minimum Gasteiger partial charge on any atom is -0.497 e. The lowest BCUT2D eigenvalue weighted by molar-refractivity contribution is -0.128. The highest BCUT2D eigenvalue weighted by Crippen LogP contribution is 2.17. The van der Waals surface area contributed by atoms with Gasteiger partial charge < -0.3 is 9.30 Å². The van der Waals surface area contributed by atoms with Gasteiger partial charge in [-0.1, -0.05) is 0 Å². The second kappa shape index (κ2) is 6.08. The molecule has 0 atom stereocenters. The van der Waals surface area contributed by atoms with E-state index in [1.54, 1.807) is 31.4 Å². The number of rotatable bonds is 3. The monoisotopic (exact) mass is 289 g/mol. The first-order valence-corrected chi connectivity index (χ1v) is 6.24. The molecule has 0 spiro atoms. The van der Waals surface area contributed by atoms with Crippen molar-refractivity contribution in [3.63, 3.8) is 0 Å². The van der Waals surface area contributed by atoms with Gasteiger partial charge in [-0.15, -0.1) is 0 Å². The van der Waals surface area contributed by atoms with Gasteiger partial charge in [0, 0.05) is 18.5 Å². The molecule has 0 radical (unpaired) electrons. The molecule has 2 aromatic rings. The molecular formula is C14H15N3O4. The second-order valence-electron chi connectivity index (χ2n) is 4.43. The number of methoxy groups -OCH3 is 1. The summed E-state index contributed by atoms with van der Waals surface area (Å²) in [4.78, 5) is 34.6. The molecule has 0 bridgehead atoms. The molecule has 1 aromatic carbocycles. The second-order valence-corrected chi connectivity index (χ2v) is 4.43. The molecule has 21 heavy (non-hydrogen) atoms. The van der Waals surface area contributed by atoms with E-state index < -0.39 is 5.91 Å². The number of pyridine rings is 1. The molecule has 7 heteroatoms. The summed E-state index contributed by atoms with van der Waals surface area (Å²) in [6.45, 7) is 1.09. The van der Waals surface area contributed by atoms with E-state index in [0.717, 1.165) is 5.39 Å². The maximum Gasteiger partial charge on any atom is 0.258 e. The Hall–Kier alpha value is -2.83. The van der Waals surface area contributed by atoms with Crippen LogP contribution in [0, 0.1) is 0 Å². The topological polar surface area (TPSA) is 89.4 Å². The van der Waals surface area contributed by atoms with Gasteiger partial charge in [-0.3, -0.25) is 25.2 Å². The van der Waals surface area contributed by atoms with E-state index in [1.165, 1.54) is 17.7 Å². The highest BCUT2D eigenvalue weighted by atomic mass is 16.5. The lowest BCUT2D eigenvalue weighted by Crippen LogP contribution is -2.43. The van der Waals surface area contributed by atoms with Crippen LogP contribution in [-0.4, -0.2) is 23.5 Å². The van der Waals surface area contributed by atoms with Crippen LogP contribution < -0.4 is 21.1 Å². The molecule has 2 rings (SSSR count). The molecule has 110 valence electrons. The average Bonchev–Trinajstić information content (AvgIpc) is 2.47. The number of nitrogens with one attached hydrogen (secondary N) is 2. The minimum atomic E-state index is -0.486. The average molecular weight is 289 g/mol. The molecule has 1 aromatic heterocycles. The number of benzene rings is 1. The number of ether oxygens (including phenoxy) is 1. The van der Waals surface area contributed by atoms with Crippen LogP contribution in [0.2, 0.25) is 0 Å². The maximum absolute atomic E-state index is 12.3. The van der Waals surface area contributed by atoms with Gasteiger partial charge in [0.15, 0.2) is 0 Å². The third-order valence-electron chi connectivity index (χ3n) is 2.88. The molecule has 0 aliphatic heterocycles. The molecule has 0 fully saturated rings. The van der Waals surface area contributed by atoms with Crippen molar-refractivity contribution in [3.05, 3.63) is 40.8 Å². The van der Waals surface area contributed by atoms with E-state index in [4.69, 9.17) is 4.74 Å². The number of hydrogen-bond donors (Lipinski definition) is 2. The van der Waals surface area contributed by atoms with Crippen molar-refractivity contribution >= 4 is 22.6 Å². The standard InChI is InChI=1S/C14H15N3O4/c1-9(18)15-16-13(19)8-17-6-5-10-7-11(21-2)3-4-12(10)14(17)20/h3-7H,8H2,1-2H3,(H,15,18)(H,16,19). The quantitative estimate of drug-likeness (QED) is 0.789. The molecule has 0 unspecified atom stereocenters. The van der Waals surface area contributed by atoms with Gasteiger partial charge in [0.2, 0.25) is 5.91 Å². The van der Waals surface area contributed by atoms with E-state index in [-0.39, 0.29) is 18.0 Å². The van der Waals surface area contributed by atoms with Crippen molar-refractivity contribution in [2.45, 2.75) is 13.5 Å². The Morgan fingerprint density at radius 3 is 2.67 bits per heavy atom. The summed E-state index contributed by atoms with van der Waals surface area (Å²) in [6, 6.07) is 6.81. The number of nitrogens with zero attached hydrogens (tertiary/aromatic N) is 1. The number of carbonyl (C=O) groups is 2. The Morgan fingerprint density at radius 1 is 1.24 bits per heavy atom. The number of carbonyl (C=O) groups excluding carboxylic acids is 2. The molecule has 0 saturated carbocycles. The third kappa shape index (κ3) is 3.38. The van der Waals surface area contributed by atoms with Gasteiger partial charge in [0.25, 0.3) is 11.5 Å². The van der Waals surface area contributed by atoms with Crippen LogP contribution in [0.4, 0.5) is 0 Å². The van der Waals surface area contributed by atoms with E-state index in [2.05, 4.69) is 10.9 Å². The maximum atomic E-state index is 12.3. The molecule has 0 aliphatic carbocycles. The predicted molar refractivity (Wildman–Crippen MR) is 76.7 cm³/mol. The van der Waals surface area contributed by atoms with E-state index in [1.807, 2.05) is 0 Å². The summed E-state index contributed by atoms with van der Waals surface area (Å²) in [5.41, 5.74) is 4.09. The first kappa shape index (κ1) is 14.6. The summed E-state index contributed by atoms with van der Waals surface area (Å²) in [7, 11) is 1.55. The fourth-order valence-corrected chi connectivity index (χ4v) is 1.87. The van der Waals surface area contributed by atoms with E-state index in [9.17, 15) is 14.4 Å². The summed E-state index contributed by atoms with van der Waals surface area (Å²) in [5.74, 6) is -0.218. The molecule has 1 heterocycles. The zero-order valence-corrected chi connectivity index (χ0v) is 11.7. The molecule has 0 saturated heterocycles. The van der Waals surface area contributed by atoms with Crippen molar-refractivity contribution in [1.82, 2.24) is 15.4 Å². The van der Waals surface area contributed by atoms with Crippen molar-refractivity contribution < 1.29 is 14.3 Å². The van der Waals surface area contributed by atoms with Crippen LogP contribution in [0.25, 0.3) is 10.8 Å². The SMILES string of the molecule is COc1ccc2c(=O)n(CC(=O)NNC(C)=O)ccc2c1. The summed E-state index contributed by atoms with van der Waals surface area (Å²) in [5, 5.41) is 1.23. The first-order chi connectivity index (χ1) is 10.0. The van der Waals surface area contributed by atoms with Crippen LogP contribution in [0.3, 0.4) is 0 Å². The summed E-state index contributed by atoms with van der Waals surface area (Å²) >= 11 is 0. The summed E-state index contributed by atoms with van der Waals surface area (Å²) < 4.78 is 6.37. The number of hydrazine groups is 1. The lowest BCUT2D eigenvalue weighted by atomic mass is 10.1. The predicted octanol–water partition coefficient (Wildman–Crippen LogP) is 0.177. The Bertz CT molecular complexity index is 751. The molecule has 7 nitrogen and oxygen atoms in total. The van der Waals surface area contributed by atoms with Gasteiger partial charge in [-0.05, 0) is 29.7 Å². The third-order valence-corrected chi connectivity index (χ3v) is 2.88. The normalized spacial score (nSPS) is 10.2. The van der Waals surface area contributed by atoms with Gasteiger partial charge in [-0.2, -0.15) is 0 Å². The Morgan fingerprint density at radius 2 is 2.00 bits per heavy atom. The lowest BCUT2D eigenvalue weighted by Gasteiger charge is -2.09. The minimum absolute atomic E-state index is 0.179. The molecule has 0 aliphatic rings. The number of hydrogen-bond acceptors (Lipinski definition) is 4. The van der Waals surface area contributed by atoms with E-state index >= 15 is 0 Å². The van der Waals surface area contributed by atoms with Crippen LogP contribution in [0.15, 0.2) is 35.3 Å². The van der Waals surface area contributed by atoms with Gasteiger partial charge in [0.1, 0.15) is 12.3 Å². The molecule has 2 amide bonds. The highest BCUT2D eigenvalue weighted by molar-refractivity contribution is 5.84. The van der Waals surface area contributed by atoms with Crippen molar-refractivity contribution in [2.75, 3.05) is 7.11 Å². The fraction of sp³-hybridized carbons (Fsp3) is 0.214. The number of aromatic nitrogens is 1. The van der Waals surface area contributed by atoms with Crippen LogP contribution in [0.5, 0.6) is 5.75 Å². The Kier molecular flexibility index (Phi) is 4.22. The zero-order chi connectivity index (χ0) is 15.4. The van der Waals surface area contributed by atoms with E-state index in [0.29, 0.717) is 11.1 Å². The van der Waals surface area contributed by atoms with Crippen LogP contribution in [-0.2, 0) is 16.1 Å². The smallest absolute Gasteiger partial charge is 0.258 e. The van der Waals surface area contributed by atoms with Crippen LogP contribution in [0.1, 0.15) is 6.92 Å². The van der Waals surface area contributed by atoms with Crippen molar-refractivity contribution in [2.24, 2.45) is 0 Å². The summed E-state index contributed by atoms with van der Waals surface area (Å²) in [6.07, 6.45) is 1.53.